The molecule has 5 heteroatoms. The molecule has 2 rings (SSSR count). The first-order chi connectivity index (χ1) is 8.16. The molecule has 0 spiro atoms. The lowest BCUT2D eigenvalue weighted by Gasteiger charge is -2.20. The van der Waals surface area contributed by atoms with Crippen LogP contribution in [0.5, 0.6) is 0 Å². The fraction of sp³-hybridized carbons (Fsp3) is 0.417. The number of benzene rings is 1. The van der Waals surface area contributed by atoms with E-state index in [-0.39, 0.29) is 5.91 Å². The summed E-state index contributed by atoms with van der Waals surface area (Å²) in [7, 11) is 0. The highest BCUT2D eigenvalue weighted by atomic mass is 35.5. The van der Waals surface area contributed by atoms with Gasteiger partial charge in [0.05, 0.1) is 0 Å². The first-order valence-electron chi connectivity index (χ1n) is 5.59. The molecule has 0 saturated carbocycles. The third kappa shape index (κ3) is 3.35. The predicted molar refractivity (Wildman–Crippen MR) is 69.4 cm³/mol. The van der Waals surface area contributed by atoms with Gasteiger partial charge >= 0.3 is 0 Å². The van der Waals surface area contributed by atoms with Crippen LogP contribution in [0.15, 0.2) is 18.2 Å². The van der Waals surface area contributed by atoms with Gasteiger partial charge in [-0.2, -0.15) is 0 Å². The van der Waals surface area contributed by atoms with Crippen molar-refractivity contribution in [3.63, 3.8) is 0 Å². The molecule has 1 aliphatic rings. The first-order valence-corrected chi connectivity index (χ1v) is 6.35. The Morgan fingerprint density at radius 3 is 2.88 bits per heavy atom. The van der Waals surface area contributed by atoms with Gasteiger partial charge in [-0.3, -0.25) is 4.79 Å². The van der Waals surface area contributed by atoms with Crippen molar-refractivity contribution in [3.05, 3.63) is 33.8 Å². The van der Waals surface area contributed by atoms with Gasteiger partial charge in [-0.1, -0.05) is 29.3 Å². The zero-order valence-electron chi connectivity index (χ0n) is 9.38. The molecule has 1 saturated heterocycles. The lowest BCUT2D eigenvalue weighted by atomic mass is 10.2. The van der Waals surface area contributed by atoms with Crippen molar-refractivity contribution in [2.75, 3.05) is 19.6 Å². The van der Waals surface area contributed by atoms with Gasteiger partial charge in [-0.05, 0) is 17.7 Å². The third-order valence-corrected chi connectivity index (χ3v) is 3.39. The van der Waals surface area contributed by atoms with Crippen molar-refractivity contribution in [2.45, 2.75) is 13.0 Å². The highest BCUT2D eigenvalue weighted by Crippen LogP contribution is 2.22. The highest BCUT2D eigenvalue weighted by molar-refractivity contribution is 6.35. The Kier molecular flexibility index (Phi) is 4.26. The van der Waals surface area contributed by atoms with Gasteiger partial charge in [0, 0.05) is 42.6 Å². The van der Waals surface area contributed by atoms with Gasteiger partial charge in [0.25, 0.3) is 0 Å². The maximum Gasteiger partial charge on any atom is 0.224 e. The second-order valence-electron chi connectivity index (χ2n) is 4.05. The van der Waals surface area contributed by atoms with E-state index in [1.54, 1.807) is 12.1 Å². The highest BCUT2D eigenvalue weighted by Gasteiger charge is 2.17. The Bertz CT molecular complexity index is 423. The van der Waals surface area contributed by atoms with E-state index in [9.17, 15) is 4.79 Å². The van der Waals surface area contributed by atoms with E-state index in [0.29, 0.717) is 23.0 Å². The molecule has 0 bridgehead atoms. The Morgan fingerprint density at radius 1 is 1.29 bits per heavy atom. The summed E-state index contributed by atoms with van der Waals surface area (Å²) in [5.41, 5.74) is 0.936. The van der Waals surface area contributed by atoms with Gasteiger partial charge < -0.3 is 10.2 Å². The molecule has 0 aromatic heterocycles. The molecule has 1 aromatic carbocycles. The predicted octanol–water partition coefficient (Wildman–Crippen LogP) is 2.32. The Labute approximate surface area is 111 Å². The molecular formula is C12H14Cl2N2O. The van der Waals surface area contributed by atoms with E-state index in [4.69, 9.17) is 23.2 Å². The topological polar surface area (TPSA) is 32.3 Å². The number of halogens is 2. The van der Waals surface area contributed by atoms with E-state index in [2.05, 4.69) is 5.32 Å². The SMILES string of the molecule is O=C1CCNCCN1Cc1ccc(Cl)cc1Cl. The van der Waals surface area contributed by atoms with Gasteiger partial charge in [-0.15, -0.1) is 0 Å². The number of nitrogens with one attached hydrogen (secondary N) is 1. The average molecular weight is 273 g/mol. The molecule has 17 heavy (non-hydrogen) atoms. The first kappa shape index (κ1) is 12.7. The van der Waals surface area contributed by atoms with Crippen LogP contribution >= 0.6 is 23.2 Å². The number of hydrogen-bond donors (Lipinski definition) is 1. The van der Waals surface area contributed by atoms with Crippen LogP contribution in [0.2, 0.25) is 10.0 Å². The fourth-order valence-corrected chi connectivity index (χ4v) is 2.31. The van der Waals surface area contributed by atoms with Crippen LogP contribution in [-0.2, 0) is 11.3 Å². The summed E-state index contributed by atoms with van der Waals surface area (Å²) in [6, 6.07) is 5.37. The molecule has 1 aromatic rings. The molecule has 0 radical (unpaired) electrons. The van der Waals surface area contributed by atoms with E-state index in [0.717, 1.165) is 25.2 Å². The maximum atomic E-state index is 11.8. The number of hydrogen-bond acceptors (Lipinski definition) is 2. The van der Waals surface area contributed by atoms with Gasteiger partial charge in [-0.25, -0.2) is 0 Å². The molecule has 0 aliphatic carbocycles. The Hall–Kier alpha value is -0.770. The molecule has 1 amide bonds. The van der Waals surface area contributed by atoms with E-state index >= 15 is 0 Å². The van der Waals surface area contributed by atoms with Gasteiger partial charge in [0.1, 0.15) is 0 Å². The van der Waals surface area contributed by atoms with E-state index < -0.39 is 0 Å². The lowest BCUT2D eigenvalue weighted by molar-refractivity contribution is -0.130. The molecular weight excluding hydrogens is 259 g/mol. The minimum Gasteiger partial charge on any atom is -0.337 e. The quantitative estimate of drug-likeness (QED) is 0.896. The summed E-state index contributed by atoms with van der Waals surface area (Å²) >= 11 is 11.9. The summed E-state index contributed by atoms with van der Waals surface area (Å²) in [5.74, 6) is 0.168. The zero-order chi connectivity index (χ0) is 12.3. The molecule has 1 aliphatic heterocycles. The van der Waals surface area contributed by atoms with Gasteiger partial charge in [0.15, 0.2) is 0 Å². The van der Waals surface area contributed by atoms with Crippen LogP contribution < -0.4 is 5.32 Å². The number of carbonyl (C=O) groups excluding carboxylic acids is 1. The van der Waals surface area contributed by atoms with Crippen molar-refractivity contribution >= 4 is 29.1 Å². The lowest BCUT2D eigenvalue weighted by Crippen LogP contribution is -2.31. The standard InChI is InChI=1S/C12H14Cl2N2O/c13-10-2-1-9(11(14)7-10)8-16-6-5-15-4-3-12(16)17/h1-2,7,15H,3-6,8H2. The normalized spacial score (nSPS) is 17.1. The molecule has 1 fully saturated rings. The second-order valence-corrected chi connectivity index (χ2v) is 4.89. The largest absolute Gasteiger partial charge is 0.337 e. The van der Waals surface area contributed by atoms with Crippen molar-refractivity contribution in [2.24, 2.45) is 0 Å². The van der Waals surface area contributed by atoms with Crippen LogP contribution in [0, 0.1) is 0 Å². The molecule has 1 heterocycles. The Balaban J connectivity index is 2.10. The minimum atomic E-state index is 0.168. The van der Waals surface area contributed by atoms with Crippen LogP contribution in [-0.4, -0.2) is 30.4 Å². The fourth-order valence-electron chi connectivity index (χ4n) is 1.84. The molecule has 1 N–H and O–H groups in total. The molecule has 3 nitrogen and oxygen atoms in total. The van der Waals surface area contributed by atoms with Crippen LogP contribution in [0.4, 0.5) is 0 Å². The van der Waals surface area contributed by atoms with Gasteiger partial charge in [0.2, 0.25) is 5.91 Å². The van der Waals surface area contributed by atoms with Crippen LogP contribution in [0.25, 0.3) is 0 Å². The average Bonchev–Trinajstić information content (AvgIpc) is 2.48. The van der Waals surface area contributed by atoms with Crippen molar-refractivity contribution in [1.82, 2.24) is 10.2 Å². The molecule has 0 atom stereocenters. The minimum absolute atomic E-state index is 0.168. The van der Waals surface area contributed by atoms with Crippen molar-refractivity contribution in [1.29, 1.82) is 0 Å². The molecule has 0 unspecified atom stereocenters. The second kappa shape index (κ2) is 5.71. The van der Waals surface area contributed by atoms with Crippen LogP contribution in [0.3, 0.4) is 0 Å². The number of rotatable bonds is 2. The molecule has 92 valence electrons. The van der Waals surface area contributed by atoms with E-state index in [1.807, 2.05) is 11.0 Å². The third-order valence-electron chi connectivity index (χ3n) is 2.80. The summed E-state index contributed by atoms with van der Waals surface area (Å²) in [6.45, 7) is 2.86. The summed E-state index contributed by atoms with van der Waals surface area (Å²) in [4.78, 5) is 13.6. The monoisotopic (exact) mass is 272 g/mol. The number of nitrogens with zero attached hydrogens (tertiary/aromatic N) is 1. The van der Waals surface area contributed by atoms with Crippen molar-refractivity contribution in [3.8, 4) is 0 Å². The Morgan fingerprint density at radius 2 is 2.12 bits per heavy atom. The van der Waals surface area contributed by atoms with Crippen molar-refractivity contribution < 1.29 is 4.79 Å². The maximum absolute atomic E-state index is 11.8. The zero-order valence-corrected chi connectivity index (χ0v) is 10.9. The summed E-state index contributed by atoms with van der Waals surface area (Å²) < 4.78 is 0. The summed E-state index contributed by atoms with van der Waals surface area (Å²) in [6.07, 6.45) is 0.547. The van der Waals surface area contributed by atoms with Crippen LogP contribution in [0.1, 0.15) is 12.0 Å². The number of carbonyl (C=O) groups is 1. The summed E-state index contributed by atoms with van der Waals surface area (Å²) in [5, 5.41) is 4.43. The number of amides is 1. The van der Waals surface area contributed by atoms with E-state index in [1.165, 1.54) is 0 Å². The smallest absolute Gasteiger partial charge is 0.224 e.